The molecule has 0 unspecified atom stereocenters. The number of nitrogens with one attached hydrogen (secondary N) is 6. The number of hydrogen-bond donors (Lipinski definition) is 6. The Balaban J connectivity index is 0.000000139. The summed E-state index contributed by atoms with van der Waals surface area (Å²) in [6.45, 7) is 31.1. The van der Waals surface area contributed by atoms with Gasteiger partial charge in [0.1, 0.15) is 74.1 Å². The minimum absolute atomic E-state index is 0.161. The quantitative estimate of drug-likeness (QED) is 0.0293. The molecule has 0 bridgehead atoms. The summed E-state index contributed by atoms with van der Waals surface area (Å²) in [6.07, 6.45) is 3.12. The lowest BCUT2D eigenvalue weighted by Gasteiger charge is -2.16. The van der Waals surface area contributed by atoms with Crippen molar-refractivity contribution in [2.75, 3.05) is 0 Å². The number of aromatic amines is 6. The van der Waals surface area contributed by atoms with E-state index in [1.807, 2.05) is 236 Å². The molecule has 19 rings (SSSR count). The van der Waals surface area contributed by atoms with Crippen LogP contribution < -0.4 is 62.6 Å². The molecule has 18 aromatic rings. The van der Waals surface area contributed by atoms with E-state index in [0.717, 1.165) is 151 Å². The van der Waals surface area contributed by atoms with Crippen LogP contribution in [0.25, 0.3) is 34.1 Å². The predicted octanol–water partition coefficient (Wildman–Crippen LogP) is 20.3. The van der Waals surface area contributed by atoms with E-state index in [-0.39, 0.29) is 24.6 Å². The first-order valence-corrected chi connectivity index (χ1v) is 49.2. The van der Waals surface area contributed by atoms with E-state index in [1.165, 1.54) is 29.0 Å². The molecule has 12 aromatic carbocycles. The lowest BCUT2D eigenvalue weighted by atomic mass is 10.0. The zero-order valence-electron chi connectivity index (χ0n) is 82.2. The van der Waals surface area contributed by atoms with Crippen molar-refractivity contribution >= 4 is 97.1 Å². The van der Waals surface area contributed by atoms with E-state index in [1.54, 1.807) is 36.4 Å². The van der Waals surface area contributed by atoms with Gasteiger partial charge in [0.15, 0.2) is 0 Å². The summed E-state index contributed by atoms with van der Waals surface area (Å²) in [5.74, 6) is 4.76. The lowest BCUT2D eigenvalue weighted by Crippen LogP contribution is -2.19. The predicted molar refractivity (Wildman–Crippen MR) is 567 cm³/mol. The minimum Gasteiger partial charge on any atom is -0.488 e. The minimum atomic E-state index is -0.451. The first-order chi connectivity index (χ1) is 70.4. The van der Waals surface area contributed by atoms with E-state index >= 15 is 0 Å². The molecule has 147 heavy (non-hydrogen) atoms. The summed E-state index contributed by atoms with van der Waals surface area (Å²) >= 11 is 46.9. The van der Waals surface area contributed by atoms with Gasteiger partial charge >= 0.3 is 34.1 Å². The molecule has 0 atom stereocenters. The Morgan fingerprint density at radius 1 is 0.265 bits per heavy atom. The van der Waals surface area contributed by atoms with Crippen LogP contribution in [-0.4, -0.2) is 121 Å². The van der Waals surface area contributed by atoms with Crippen molar-refractivity contribution < 1.29 is 28.4 Å². The Hall–Kier alpha value is -14.8. The monoisotopic (exact) mass is 2190 g/mol. The molecule has 1 fully saturated rings. The molecular formula is C103H100BrCl7N24O12. The molecule has 760 valence electrons. The largest absolute Gasteiger partial charge is 0.488 e. The molecule has 0 radical (unpaired) electrons. The van der Waals surface area contributed by atoms with Gasteiger partial charge < -0.3 is 28.4 Å². The number of ether oxygens (including phenoxy) is 6. The fourth-order valence-corrected chi connectivity index (χ4v) is 17.4. The molecule has 1 saturated carbocycles. The molecular weight excluding hydrogens is 2090 g/mol. The van der Waals surface area contributed by atoms with Gasteiger partial charge in [-0.05, 0) is 359 Å². The Morgan fingerprint density at radius 3 is 0.782 bits per heavy atom. The summed E-state index contributed by atoms with van der Waals surface area (Å²) < 4.78 is 44.0. The number of aryl methyl sites for hydroxylation is 15. The fourth-order valence-electron chi connectivity index (χ4n) is 15.8. The number of aromatic nitrogens is 24. The highest BCUT2D eigenvalue weighted by Crippen LogP contribution is 2.44. The molecule has 0 aliphatic heterocycles. The van der Waals surface area contributed by atoms with Crippen LogP contribution in [0.2, 0.25) is 35.2 Å². The number of nitrogens with zero attached hydrogens (tertiary/aromatic N) is 18. The molecule has 0 saturated heterocycles. The highest BCUT2D eigenvalue weighted by atomic mass is 79.9. The third kappa shape index (κ3) is 26.4. The average molecular weight is 2190 g/mol. The Morgan fingerprint density at radius 2 is 0.497 bits per heavy atom. The van der Waals surface area contributed by atoms with Gasteiger partial charge in [-0.25, -0.2) is 59.4 Å². The highest BCUT2D eigenvalue weighted by molar-refractivity contribution is 9.10. The number of benzene rings is 12. The first-order valence-electron chi connectivity index (χ1n) is 45.8. The average Bonchev–Trinajstić information content (AvgIpc) is 1.86. The van der Waals surface area contributed by atoms with Gasteiger partial charge in [-0.3, -0.25) is 0 Å². The molecule has 0 amide bonds. The van der Waals surface area contributed by atoms with E-state index < -0.39 is 22.8 Å². The van der Waals surface area contributed by atoms with Gasteiger partial charge in [0.05, 0.1) is 34.1 Å². The molecule has 6 heterocycles. The zero-order chi connectivity index (χ0) is 105. The molecule has 6 N–H and O–H groups in total. The van der Waals surface area contributed by atoms with Crippen LogP contribution in [0.15, 0.2) is 215 Å². The van der Waals surface area contributed by atoms with Crippen LogP contribution in [0, 0.1) is 96.9 Å². The summed E-state index contributed by atoms with van der Waals surface area (Å²) in [6, 6.07) is 56.3. The van der Waals surface area contributed by atoms with Crippen LogP contribution in [0.4, 0.5) is 0 Å². The molecule has 44 heteroatoms. The number of tetrazole rings is 6. The Kier molecular flexibility index (Phi) is 35.9. The van der Waals surface area contributed by atoms with Crippen LogP contribution in [0.1, 0.15) is 148 Å². The Labute approximate surface area is 884 Å². The topological polar surface area (TPSA) is 437 Å². The van der Waals surface area contributed by atoms with Gasteiger partial charge in [-0.15, -0.1) is 0 Å². The summed E-state index contributed by atoms with van der Waals surface area (Å²) in [5, 5.41) is 62.4. The van der Waals surface area contributed by atoms with Crippen molar-refractivity contribution in [2.45, 2.75) is 169 Å². The smallest absolute Gasteiger partial charge is 0.365 e. The van der Waals surface area contributed by atoms with Crippen molar-refractivity contribution in [1.82, 2.24) is 121 Å². The number of H-pyrrole nitrogens is 6. The van der Waals surface area contributed by atoms with Crippen molar-refractivity contribution in [3.05, 3.63) is 407 Å². The zero-order valence-corrected chi connectivity index (χ0v) is 89.1. The maximum absolute atomic E-state index is 12.0. The summed E-state index contributed by atoms with van der Waals surface area (Å²) in [5.41, 5.74) is 22.7. The van der Waals surface area contributed by atoms with Crippen molar-refractivity contribution in [1.29, 1.82) is 0 Å². The van der Waals surface area contributed by atoms with E-state index in [0.29, 0.717) is 130 Å². The fraction of sp³-hybridized carbons (Fsp3) is 0.243. The molecule has 0 spiro atoms. The van der Waals surface area contributed by atoms with Gasteiger partial charge in [0, 0.05) is 73.0 Å². The first kappa shape index (κ1) is 108. The van der Waals surface area contributed by atoms with Crippen LogP contribution >= 0.6 is 97.1 Å². The second kappa shape index (κ2) is 48.9. The summed E-state index contributed by atoms with van der Waals surface area (Å²) in [7, 11) is 0. The third-order valence-electron chi connectivity index (χ3n) is 24.0. The normalized spacial score (nSPS) is 11.4. The van der Waals surface area contributed by atoms with Gasteiger partial charge in [-0.1, -0.05) is 201 Å². The van der Waals surface area contributed by atoms with E-state index in [4.69, 9.17) is 110 Å². The lowest BCUT2D eigenvalue weighted by molar-refractivity contribution is 0.302. The van der Waals surface area contributed by atoms with Crippen molar-refractivity contribution in [3.8, 4) is 68.6 Å². The molecule has 6 aromatic heterocycles. The standard InChI is InChI=1S/C19H19ClN4O2.C18H19ClN4O2.2C17H17ClN4O2.C16H14BrClN4O2.C16H14Cl2N4O2/c1-11-8-12(2)18(9-16(11)20)26-10-15-14(13-6-7-13)4-3-5-17(15)24-19(25)21-22-23-24;1-4-13-6-5-7-16(23-18(24)20-21-22-23)14(13)10-25-17-9-15(19)11(2)8-12(17)3;2*1-10-5-4-6-15(22-17(23)19-20-21-22)13(10)9-24-16-8-14(18)11(2)7-12(16)3;2*1-9-6-10(2)15(7-13(9)18)24-8-11-12(17)4-3-5-14(11)22-16(23)19-20-21-22/h3-5,8-9,13H,6-7,10H2,1-2H3,(H,21,23,25);5-9H,4,10H2,1-3H3,(H,20,22,24);2*4-8H,9H2,1-3H3,(H,19,21,23);2*3-7H,8H2,1-2H3,(H,19,21,23). The van der Waals surface area contributed by atoms with Crippen molar-refractivity contribution in [2.24, 2.45) is 0 Å². The van der Waals surface area contributed by atoms with Gasteiger partial charge in [0.25, 0.3) is 0 Å². The third-order valence-corrected chi connectivity index (χ3v) is 27.5. The van der Waals surface area contributed by atoms with Crippen LogP contribution in [0.3, 0.4) is 0 Å². The number of hydrogen-bond acceptors (Lipinski definition) is 24. The van der Waals surface area contributed by atoms with Gasteiger partial charge in [-0.2, -0.15) is 28.1 Å². The maximum atomic E-state index is 12.0. The molecule has 1 aliphatic rings. The highest BCUT2D eigenvalue weighted by Gasteiger charge is 2.30. The second-order valence-corrected chi connectivity index (χ2v) is 38.2. The molecule has 1 aliphatic carbocycles. The second-order valence-electron chi connectivity index (χ2n) is 34.5. The van der Waals surface area contributed by atoms with Crippen LogP contribution in [0.5, 0.6) is 34.5 Å². The Bertz CT molecular complexity index is 7600. The maximum Gasteiger partial charge on any atom is 0.365 e. The SMILES string of the molecule is CCc1cccc(-n2nn[nH]c2=O)c1COc1cc(Cl)c(C)cc1C.Cc1cc(C)c(OCc2c(Br)cccc2-n2nn[nH]c2=O)cc1Cl.Cc1cc(C)c(OCc2c(C)cccc2-n2nn[nH]c2=O)cc1Cl.Cc1cc(C)c(OCc2c(C)cccc2-n2nn[nH]c2=O)cc1Cl.Cc1cc(C)c(OCc2c(C3CC3)cccc2-n2nn[nH]c2=O)cc1Cl.Cc1cc(C)c(OCc2c(Cl)cccc2-n2nn[nH]c2=O)cc1Cl. The van der Waals surface area contributed by atoms with Crippen LogP contribution in [-0.2, 0) is 46.1 Å². The van der Waals surface area contributed by atoms with E-state index in [9.17, 15) is 28.8 Å². The molecule has 36 nitrogen and oxygen atoms in total. The number of halogens is 8. The number of rotatable bonds is 26. The van der Waals surface area contributed by atoms with Crippen molar-refractivity contribution in [3.63, 3.8) is 0 Å². The van der Waals surface area contributed by atoms with E-state index in [2.05, 4.69) is 122 Å². The summed E-state index contributed by atoms with van der Waals surface area (Å²) in [4.78, 5) is 71.1. The van der Waals surface area contributed by atoms with Gasteiger partial charge in [0.2, 0.25) is 0 Å².